The highest BCUT2D eigenvalue weighted by atomic mass is 35.5. The van der Waals surface area contributed by atoms with Crippen LogP contribution in [0, 0.1) is 5.82 Å². The largest absolute Gasteiger partial charge is 0.376 e. The Morgan fingerprint density at radius 3 is 2.67 bits per heavy atom. The van der Waals surface area contributed by atoms with Crippen molar-refractivity contribution in [2.24, 2.45) is 0 Å². The van der Waals surface area contributed by atoms with Gasteiger partial charge in [0.1, 0.15) is 5.82 Å². The molecule has 2 aliphatic rings. The lowest BCUT2D eigenvalue weighted by atomic mass is 10.2. The van der Waals surface area contributed by atoms with Crippen molar-refractivity contribution in [3.8, 4) is 0 Å². The Morgan fingerprint density at radius 1 is 1.17 bits per heavy atom. The van der Waals surface area contributed by atoms with Crippen LogP contribution in [0.1, 0.15) is 47.3 Å². The maximum Gasteiger partial charge on any atom is 0.254 e. The second kappa shape index (κ2) is 10.3. The molecule has 1 aliphatic heterocycles. The van der Waals surface area contributed by atoms with Gasteiger partial charge in [-0.2, -0.15) is 0 Å². The molecular weight excluding hydrogens is 505 g/mol. The number of ether oxygens (including phenoxy) is 1. The topological polar surface area (TPSA) is 81.5 Å². The molecule has 0 spiro atoms. The number of amides is 1. The van der Waals surface area contributed by atoms with Crippen molar-refractivity contribution >= 4 is 27.3 Å². The molecule has 0 radical (unpaired) electrons. The molecule has 1 atom stereocenters. The van der Waals surface area contributed by atoms with Gasteiger partial charge in [-0.3, -0.25) is 4.79 Å². The minimum atomic E-state index is -3.97. The Labute approximate surface area is 214 Å². The summed E-state index contributed by atoms with van der Waals surface area (Å²) in [6.07, 6.45) is 4.81. The molecule has 0 N–H and O–H groups in total. The molecule has 2 aromatic carbocycles. The van der Waals surface area contributed by atoms with Crippen molar-refractivity contribution in [1.29, 1.82) is 0 Å². The summed E-state index contributed by atoms with van der Waals surface area (Å²) in [6.45, 7) is 1.11. The highest BCUT2D eigenvalue weighted by Gasteiger charge is 2.35. The molecule has 1 saturated carbocycles. The van der Waals surface area contributed by atoms with Gasteiger partial charge in [-0.05, 0) is 49.9 Å². The molecule has 0 bridgehead atoms. The van der Waals surface area contributed by atoms with Crippen LogP contribution in [0.4, 0.5) is 4.39 Å². The lowest BCUT2D eigenvalue weighted by Gasteiger charge is -2.24. The van der Waals surface area contributed by atoms with Gasteiger partial charge >= 0.3 is 0 Å². The van der Waals surface area contributed by atoms with E-state index in [-0.39, 0.29) is 35.3 Å². The number of rotatable bonds is 9. The van der Waals surface area contributed by atoms with Crippen LogP contribution in [0.2, 0.25) is 5.02 Å². The number of sulfone groups is 1. The number of hydrogen-bond acceptors (Lipinski definition) is 5. The Morgan fingerprint density at radius 2 is 1.97 bits per heavy atom. The fourth-order valence-electron chi connectivity index (χ4n) is 4.55. The van der Waals surface area contributed by atoms with Gasteiger partial charge in [-0.15, -0.1) is 0 Å². The molecule has 1 aliphatic carbocycles. The van der Waals surface area contributed by atoms with E-state index in [1.54, 1.807) is 39.8 Å². The van der Waals surface area contributed by atoms with Crippen molar-refractivity contribution in [3.63, 3.8) is 0 Å². The zero-order valence-corrected chi connectivity index (χ0v) is 21.2. The summed E-state index contributed by atoms with van der Waals surface area (Å²) >= 11 is 6.11. The summed E-state index contributed by atoms with van der Waals surface area (Å²) in [4.78, 5) is 19.4. The third-order valence-electron chi connectivity index (χ3n) is 6.55. The summed E-state index contributed by atoms with van der Waals surface area (Å²) < 4.78 is 48.5. The van der Waals surface area contributed by atoms with E-state index in [1.165, 1.54) is 24.4 Å². The third kappa shape index (κ3) is 5.48. The highest BCUT2D eigenvalue weighted by Crippen LogP contribution is 2.31. The summed E-state index contributed by atoms with van der Waals surface area (Å²) in [6, 6.07) is 12.7. The molecule has 1 aromatic heterocycles. The lowest BCUT2D eigenvalue weighted by Crippen LogP contribution is -2.34. The number of imidazole rings is 1. The van der Waals surface area contributed by atoms with Crippen LogP contribution in [-0.4, -0.2) is 47.5 Å². The van der Waals surface area contributed by atoms with Gasteiger partial charge in [0, 0.05) is 28.8 Å². The average Bonchev–Trinajstić information content (AvgIpc) is 3.40. The Hall–Kier alpha value is -2.75. The number of hydrogen-bond donors (Lipinski definition) is 0. The number of carbonyl (C=O) groups is 1. The van der Waals surface area contributed by atoms with Crippen molar-refractivity contribution in [1.82, 2.24) is 14.5 Å². The van der Waals surface area contributed by atoms with E-state index in [2.05, 4.69) is 4.98 Å². The summed E-state index contributed by atoms with van der Waals surface area (Å²) in [5, 5.41) is 0.337. The first kappa shape index (κ1) is 24.9. The monoisotopic (exact) mass is 531 g/mol. The first-order valence-corrected chi connectivity index (χ1v) is 14.0. The predicted octanol–water partition coefficient (Wildman–Crippen LogP) is 4.63. The molecule has 7 nitrogen and oxygen atoms in total. The summed E-state index contributed by atoms with van der Waals surface area (Å²) in [7, 11) is -3.97. The predicted molar refractivity (Wildman–Crippen MR) is 133 cm³/mol. The summed E-state index contributed by atoms with van der Waals surface area (Å²) in [5.41, 5.74) is 1.16. The van der Waals surface area contributed by atoms with E-state index in [9.17, 15) is 17.6 Å². The van der Waals surface area contributed by atoms with Crippen molar-refractivity contribution in [2.45, 2.75) is 61.8 Å². The zero-order valence-electron chi connectivity index (χ0n) is 19.6. The molecule has 2 fully saturated rings. The Kier molecular flexibility index (Phi) is 7.14. The highest BCUT2D eigenvalue weighted by molar-refractivity contribution is 7.90. The van der Waals surface area contributed by atoms with Crippen LogP contribution >= 0.6 is 11.6 Å². The van der Waals surface area contributed by atoms with Gasteiger partial charge in [-0.1, -0.05) is 35.9 Å². The van der Waals surface area contributed by atoms with E-state index in [1.807, 2.05) is 0 Å². The number of nitrogens with zero attached hydrogens (tertiary/aromatic N) is 3. The van der Waals surface area contributed by atoms with Gasteiger partial charge in [-0.25, -0.2) is 17.8 Å². The third-order valence-corrected chi connectivity index (χ3v) is 8.35. The molecule has 2 heterocycles. The fourth-order valence-corrected chi connectivity index (χ4v) is 6.26. The first-order valence-electron chi connectivity index (χ1n) is 12.0. The van der Waals surface area contributed by atoms with Gasteiger partial charge in [0.2, 0.25) is 15.0 Å². The van der Waals surface area contributed by atoms with Crippen molar-refractivity contribution < 1.29 is 22.3 Å². The number of halogens is 2. The van der Waals surface area contributed by atoms with E-state index in [0.717, 1.165) is 25.7 Å². The molecule has 1 saturated heterocycles. The molecule has 36 heavy (non-hydrogen) atoms. The number of carbonyl (C=O) groups excluding carboxylic acids is 1. The minimum absolute atomic E-state index is 0.0704. The van der Waals surface area contributed by atoms with Crippen LogP contribution in [0.25, 0.3) is 0 Å². The van der Waals surface area contributed by atoms with Crippen LogP contribution in [-0.2, 0) is 33.4 Å². The normalized spacial score (nSPS) is 17.9. The molecule has 10 heteroatoms. The molecule has 3 aromatic rings. The second-order valence-corrected chi connectivity index (χ2v) is 11.6. The standard InChI is InChI=1S/C26H27ClFN3O4S/c27-20-7-3-6-18(13-20)25(32)30(21-10-11-21)15-22-14-29-26(31(22)16-23-8-4-12-35-23)36(33,34)17-19-5-1-2-9-24(19)28/h1-3,5-7,9,13-14,21,23H,4,8,10-12,15-17H2/t23-/m0/s1. The van der Waals surface area contributed by atoms with Gasteiger partial charge < -0.3 is 14.2 Å². The summed E-state index contributed by atoms with van der Waals surface area (Å²) in [5.74, 6) is -1.25. The maximum atomic E-state index is 14.3. The Balaban J connectivity index is 1.48. The minimum Gasteiger partial charge on any atom is -0.376 e. The Bertz CT molecular complexity index is 1370. The lowest BCUT2D eigenvalue weighted by molar-refractivity contribution is 0.0718. The zero-order chi connectivity index (χ0) is 25.3. The smallest absolute Gasteiger partial charge is 0.254 e. The average molecular weight is 532 g/mol. The van der Waals surface area contributed by atoms with Crippen LogP contribution in [0.15, 0.2) is 59.9 Å². The quantitative estimate of drug-likeness (QED) is 0.402. The van der Waals surface area contributed by atoms with E-state index in [0.29, 0.717) is 29.4 Å². The van der Waals surface area contributed by atoms with Crippen LogP contribution in [0.5, 0.6) is 0 Å². The van der Waals surface area contributed by atoms with Gasteiger partial charge in [0.05, 0.1) is 36.8 Å². The molecular formula is C26H27ClFN3O4S. The van der Waals surface area contributed by atoms with E-state index in [4.69, 9.17) is 16.3 Å². The van der Waals surface area contributed by atoms with Gasteiger partial charge in [0.25, 0.3) is 5.91 Å². The molecule has 1 amide bonds. The van der Waals surface area contributed by atoms with E-state index >= 15 is 0 Å². The van der Waals surface area contributed by atoms with Crippen LogP contribution in [0.3, 0.4) is 0 Å². The van der Waals surface area contributed by atoms with E-state index < -0.39 is 21.4 Å². The SMILES string of the molecule is O=C(c1cccc(Cl)c1)N(Cc1cnc(S(=O)(=O)Cc2ccccc2F)n1C[C@@H]1CCCO1)C1CC1. The van der Waals surface area contributed by atoms with Crippen LogP contribution < -0.4 is 0 Å². The number of benzene rings is 2. The molecule has 0 unspecified atom stereocenters. The van der Waals surface area contributed by atoms with Gasteiger partial charge in [0.15, 0.2) is 0 Å². The van der Waals surface area contributed by atoms with Crippen molar-refractivity contribution in [2.75, 3.05) is 6.61 Å². The van der Waals surface area contributed by atoms with Crippen molar-refractivity contribution in [3.05, 3.63) is 82.4 Å². The number of aromatic nitrogens is 2. The second-order valence-electron chi connectivity index (χ2n) is 9.30. The molecule has 190 valence electrons. The molecule has 5 rings (SSSR count). The fraction of sp³-hybridized carbons (Fsp3) is 0.385. The first-order chi connectivity index (χ1) is 17.3. The maximum absolute atomic E-state index is 14.3.